The second-order valence-corrected chi connectivity index (χ2v) is 8.65. The number of unbranched alkanes of at least 4 members (excludes halogenated alkanes) is 3. The number of aliphatic carboxylic acids is 1. The van der Waals surface area contributed by atoms with E-state index >= 15 is 0 Å². The topological polar surface area (TPSA) is 111 Å². The van der Waals surface area contributed by atoms with Crippen molar-refractivity contribution in [1.82, 2.24) is 19.7 Å². The molecular weight excluding hydrogens is 434 g/mol. The van der Waals surface area contributed by atoms with E-state index in [2.05, 4.69) is 12.2 Å². The third kappa shape index (κ3) is 5.76. The second-order valence-electron chi connectivity index (χ2n) is 8.65. The molecule has 182 valence electrons. The van der Waals surface area contributed by atoms with Crippen LogP contribution >= 0.6 is 0 Å². The number of carboxylic acids is 1. The molecule has 0 amide bonds. The van der Waals surface area contributed by atoms with Crippen LogP contribution in [0.5, 0.6) is 11.5 Å². The van der Waals surface area contributed by atoms with E-state index in [1.807, 2.05) is 29.9 Å². The van der Waals surface area contributed by atoms with Crippen molar-refractivity contribution in [3.63, 3.8) is 0 Å². The summed E-state index contributed by atoms with van der Waals surface area (Å²) in [6.45, 7) is 3.87. The highest BCUT2D eigenvalue weighted by atomic mass is 16.6. The van der Waals surface area contributed by atoms with Crippen LogP contribution in [0.3, 0.4) is 0 Å². The first kappa shape index (κ1) is 23.8. The zero-order chi connectivity index (χ0) is 23.9. The minimum absolute atomic E-state index is 0.229. The first-order valence-corrected chi connectivity index (χ1v) is 12.1. The van der Waals surface area contributed by atoms with Crippen molar-refractivity contribution in [2.24, 2.45) is 7.05 Å². The molecule has 1 aromatic carbocycles. The third-order valence-corrected chi connectivity index (χ3v) is 5.89. The van der Waals surface area contributed by atoms with Crippen LogP contribution in [0, 0.1) is 0 Å². The number of fused-ring (bicyclic) bond motifs is 2. The molecule has 1 aliphatic rings. The van der Waals surface area contributed by atoms with Crippen molar-refractivity contribution < 1.29 is 19.4 Å². The fourth-order valence-electron chi connectivity index (χ4n) is 4.22. The van der Waals surface area contributed by atoms with E-state index in [-0.39, 0.29) is 6.42 Å². The number of ether oxygens (including phenoxy) is 2. The molecular formula is C25H33N5O4. The molecule has 0 saturated carbocycles. The fourth-order valence-corrected chi connectivity index (χ4v) is 4.22. The molecule has 9 nitrogen and oxygen atoms in total. The molecule has 0 bridgehead atoms. The van der Waals surface area contributed by atoms with Crippen molar-refractivity contribution >= 4 is 22.8 Å². The van der Waals surface area contributed by atoms with Crippen LogP contribution in [-0.4, -0.2) is 44.0 Å². The highest BCUT2D eigenvalue weighted by Gasteiger charge is 2.17. The van der Waals surface area contributed by atoms with E-state index in [4.69, 9.17) is 29.6 Å². The Morgan fingerprint density at radius 3 is 2.68 bits per heavy atom. The predicted molar refractivity (Wildman–Crippen MR) is 129 cm³/mol. The lowest BCUT2D eigenvalue weighted by atomic mass is 10.1. The summed E-state index contributed by atoms with van der Waals surface area (Å²) in [6.07, 6.45) is 6.34. The molecule has 9 heteroatoms. The van der Waals surface area contributed by atoms with Crippen molar-refractivity contribution in [3.05, 3.63) is 35.3 Å². The van der Waals surface area contributed by atoms with Gasteiger partial charge in [0, 0.05) is 26.4 Å². The molecule has 3 heterocycles. The maximum Gasteiger partial charge on any atom is 0.303 e. The molecule has 0 aliphatic carbocycles. The number of hydrogen-bond acceptors (Lipinski definition) is 7. The van der Waals surface area contributed by atoms with Gasteiger partial charge in [-0.2, -0.15) is 5.10 Å². The average molecular weight is 468 g/mol. The van der Waals surface area contributed by atoms with E-state index in [0.717, 1.165) is 84.0 Å². The molecule has 2 N–H and O–H groups in total. The van der Waals surface area contributed by atoms with Crippen molar-refractivity contribution in [2.45, 2.75) is 64.8 Å². The van der Waals surface area contributed by atoms with Crippen molar-refractivity contribution in [2.75, 3.05) is 18.5 Å². The Labute approximate surface area is 199 Å². The molecule has 3 aromatic rings. The third-order valence-electron chi connectivity index (χ3n) is 5.89. The number of aromatic nitrogens is 4. The number of hydrogen-bond donors (Lipinski definition) is 2. The maximum atomic E-state index is 10.7. The number of carbonyl (C=O) groups is 1. The molecule has 0 spiro atoms. The maximum absolute atomic E-state index is 10.7. The van der Waals surface area contributed by atoms with Crippen molar-refractivity contribution in [1.29, 1.82) is 0 Å². The van der Waals surface area contributed by atoms with Gasteiger partial charge in [0.25, 0.3) is 0 Å². The Bertz CT molecular complexity index is 1140. The minimum atomic E-state index is -0.734. The van der Waals surface area contributed by atoms with Crippen molar-refractivity contribution in [3.8, 4) is 11.5 Å². The first-order valence-electron chi connectivity index (χ1n) is 12.1. The summed E-state index contributed by atoms with van der Waals surface area (Å²) in [4.78, 5) is 20.4. The average Bonchev–Trinajstić information content (AvgIpc) is 3.15. The first-order chi connectivity index (χ1) is 16.5. The number of aryl methyl sites for hydroxylation is 3. The van der Waals surface area contributed by atoms with E-state index < -0.39 is 5.97 Å². The summed E-state index contributed by atoms with van der Waals surface area (Å²) < 4.78 is 13.2. The summed E-state index contributed by atoms with van der Waals surface area (Å²) in [6, 6.07) is 5.98. The number of anilines is 1. The standard InChI is InChI=1S/C25H33N5O4/c1-3-8-18-23-24(30(2)29-18)25(28-21(27-23)9-6-4-5-7-10-22(31)32)26-16-17-11-12-19-20(15-17)34-14-13-33-19/h11-12,15H,3-10,13-14,16H2,1-2H3,(H,31,32)(H,26,27,28). The Kier molecular flexibility index (Phi) is 7.82. The second kappa shape index (κ2) is 11.2. The van der Waals surface area contributed by atoms with Gasteiger partial charge in [-0.1, -0.05) is 32.3 Å². The van der Waals surface area contributed by atoms with Crippen LogP contribution < -0.4 is 14.8 Å². The van der Waals surface area contributed by atoms with Gasteiger partial charge < -0.3 is 19.9 Å². The van der Waals surface area contributed by atoms with E-state index in [0.29, 0.717) is 26.2 Å². The molecule has 4 rings (SSSR count). The summed E-state index contributed by atoms with van der Waals surface area (Å²) in [7, 11) is 1.93. The van der Waals surface area contributed by atoms with Crippen LogP contribution in [0.4, 0.5) is 5.82 Å². The lowest BCUT2D eigenvalue weighted by molar-refractivity contribution is -0.137. The predicted octanol–water partition coefficient (Wildman–Crippen LogP) is 4.28. The fraction of sp³-hybridized carbons (Fsp3) is 0.520. The summed E-state index contributed by atoms with van der Waals surface area (Å²) >= 11 is 0. The molecule has 0 atom stereocenters. The number of nitrogens with one attached hydrogen (secondary N) is 1. The van der Waals surface area contributed by atoms with Gasteiger partial charge >= 0.3 is 5.97 Å². The lowest BCUT2D eigenvalue weighted by Gasteiger charge is -2.19. The lowest BCUT2D eigenvalue weighted by Crippen LogP contribution is -2.15. The number of nitrogens with zero attached hydrogens (tertiary/aromatic N) is 4. The van der Waals surface area contributed by atoms with E-state index in [9.17, 15) is 4.79 Å². The van der Waals surface area contributed by atoms with Gasteiger partial charge in [0.1, 0.15) is 30.1 Å². The number of carboxylic acid groups (broad SMARTS) is 1. The van der Waals surface area contributed by atoms with Gasteiger partial charge in [-0.3, -0.25) is 9.48 Å². The van der Waals surface area contributed by atoms with Gasteiger partial charge in [-0.25, -0.2) is 9.97 Å². The highest BCUT2D eigenvalue weighted by molar-refractivity contribution is 5.87. The van der Waals surface area contributed by atoms with Gasteiger partial charge in [0.15, 0.2) is 17.3 Å². The number of rotatable bonds is 12. The van der Waals surface area contributed by atoms with Gasteiger partial charge in [0.05, 0.1) is 5.69 Å². The van der Waals surface area contributed by atoms with E-state index in [1.54, 1.807) is 0 Å². The largest absolute Gasteiger partial charge is 0.486 e. The van der Waals surface area contributed by atoms with Gasteiger partial charge in [-0.05, 0) is 37.0 Å². The Balaban J connectivity index is 1.51. The SMILES string of the molecule is CCCc1nn(C)c2c(NCc3ccc4c(c3)OCCO4)nc(CCCCCCC(=O)O)nc12. The zero-order valence-electron chi connectivity index (χ0n) is 20.0. The zero-order valence-corrected chi connectivity index (χ0v) is 20.0. The normalized spacial score (nSPS) is 12.8. The highest BCUT2D eigenvalue weighted by Crippen LogP contribution is 2.31. The summed E-state index contributed by atoms with van der Waals surface area (Å²) in [5.74, 6) is 2.38. The monoisotopic (exact) mass is 467 g/mol. The molecule has 1 aliphatic heterocycles. The Hall–Kier alpha value is -3.36. The van der Waals surface area contributed by atoms with Crippen LogP contribution in [-0.2, 0) is 31.2 Å². The molecule has 0 saturated heterocycles. The van der Waals surface area contributed by atoms with Crippen LogP contribution in [0.1, 0.15) is 62.5 Å². The van der Waals surface area contributed by atoms with Crippen LogP contribution in [0.15, 0.2) is 18.2 Å². The molecule has 34 heavy (non-hydrogen) atoms. The van der Waals surface area contributed by atoms with Crippen LogP contribution in [0.25, 0.3) is 11.0 Å². The van der Waals surface area contributed by atoms with Gasteiger partial charge in [-0.15, -0.1) is 0 Å². The smallest absolute Gasteiger partial charge is 0.303 e. The molecule has 0 unspecified atom stereocenters. The van der Waals surface area contributed by atoms with Gasteiger partial charge in [0.2, 0.25) is 0 Å². The molecule has 0 fully saturated rings. The van der Waals surface area contributed by atoms with Crippen LogP contribution in [0.2, 0.25) is 0 Å². The Morgan fingerprint density at radius 2 is 1.88 bits per heavy atom. The number of benzene rings is 1. The van der Waals surface area contributed by atoms with E-state index in [1.165, 1.54) is 0 Å². The summed E-state index contributed by atoms with van der Waals surface area (Å²) in [5.41, 5.74) is 3.88. The minimum Gasteiger partial charge on any atom is -0.486 e. The quantitative estimate of drug-likeness (QED) is 0.380. The summed E-state index contributed by atoms with van der Waals surface area (Å²) in [5, 5.41) is 17.0. The molecule has 0 radical (unpaired) electrons. The molecule has 2 aromatic heterocycles. The Morgan fingerprint density at radius 1 is 1.09 bits per heavy atom.